The van der Waals surface area contributed by atoms with E-state index in [1.165, 1.54) is 12.4 Å². The molecule has 1 fully saturated rings. The normalized spacial score (nSPS) is 16.4. The molecule has 6 nitrogen and oxygen atoms in total. The number of hydrogen-bond donors (Lipinski definition) is 2. The maximum Gasteiger partial charge on any atom is 0.433 e. The quantitative estimate of drug-likeness (QED) is 0.750. The van der Waals surface area contributed by atoms with E-state index in [9.17, 15) is 18.3 Å². The zero-order valence-corrected chi connectivity index (χ0v) is 14.8. The minimum absolute atomic E-state index is 0.0137. The highest BCUT2D eigenvalue weighted by Crippen LogP contribution is 2.30. The van der Waals surface area contributed by atoms with Crippen LogP contribution in [0.25, 0.3) is 11.4 Å². The molecule has 0 bridgehead atoms. The molecule has 27 heavy (non-hydrogen) atoms. The van der Waals surface area contributed by atoms with Crippen LogP contribution in [-0.4, -0.2) is 57.2 Å². The number of likely N-dealkylation sites (tertiary alicyclic amines) is 1. The maximum atomic E-state index is 13.2. The van der Waals surface area contributed by atoms with Crippen LogP contribution < -0.4 is 5.32 Å². The van der Waals surface area contributed by atoms with Crippen LogP contribution in [0.1, 0.15) is 25.0 Å². The minimum atomic E-state index is -4.55. The molecule has 9 heteroatoms. The van der Waals surface area contributed by atoms with E-state index in [1.54, 1.807) is 12.1 Å². The Hall–Kier alpha value is -2.26. The van der Waals surface area contributed by atoms with E-state index in [2.05, 4.69) is 25.2 Å². The molecule has 3 heterocycles. The average Bonchev–Trinajstić information content (AvgIpc) is 2.66. The summed E-state index contributed by atoms with van der Waals surface area (Å²) in [5, 5.41) is 12.5. The summed E-state index contributed by atoms with van der Waals surface area (Å²) in [6.45, 7) is 3.02. The molecule has 1 aliphatic rings. The fourth-order valence-electron chi connectivity index (χ4n) is 2.98. The highest BCUT2D eigenvalue weighted by atomic mass is 19.4. The van der Waals surface area contributed by atoms with Gasteiger partial charge in [-0.15, -0.1) is 0 Å². The maximum absolute atomic E-state index is 13.2. The van der Waals surface area contributed by atoms with E-state index in [-0.39, 0.29) is 17.7 Å². The van der Waals surface area contributed by atoms with Gasteiger partial charge in [0, 0.05) is 43.7 Å². The highest BCUT2D eigenvalue weighted by Gasteiger charge is 2.33. The van der Waals surface area contributed by atoms with Crippen LogP contribution in [0.15, 0.2) is 30.6 Å². The topological polar surface area (TPSA) is 74.2 Å². The van der Waals surface area contributed by atoms with Crippen molar-refractivity contribution < 1.29 is 18.3 Å². The van der Waals surface area contributed by atoms with Crippen molar-refractivity contribution in [2.45, 2.75) is 31.5 Å². The van der Waals surface area contributed by atoms with Gasteiger partial charge in [0.25, 0.3) is 0 Å². The second-order valence-corrected chi connectivity index (χ2v) is 6.55. The zero-order valence-electron chi connectivity index (χ0n) is 14.8. The van der Waals surface area contributed by atoms with Crippen molar-refractivity contribution in [3.05, 3.63) is 36.3 Å². The second kappa shape index (κ2) is 8.62. The number of alkyl halides is 3. The molecule has 2 aromatic heterocycles. The smallest absolute Gasteiger partial charge is 0.393 e. The van der Waals surface area contributed by atoms with Gasteiger partial charge in [0.2, 0.25) is 0 Å². The number of halogens is 3. The van der Waals surface area contributed by atoms with Gasteiger partial charge in [-0.2, -0.15) is 13.2 Å². The lowest BCUT2D eigenvalue weighted by Crippen LogP contribution is -2.36. The lowest BCUT2D eigenvalue weighted by molar-refractivity contribution is -0.141. The van der Waals surface area contributed by atoms with Crippen LogP contribution in [0.4, 0.5) is 19.0 Å². The van der Waals surface area contributed by atoms with Crippen molar-refractivity contribution in [3.63, 3.8) is 0 Å². The number of pyridine rings is 1. The molecule has 0 unspecified atom stereocenters. The molecule has 2 aromatic rings. The molecule has 0 atom stereocenters. The predicted octanol–water partition coefficient (Wildman–Crippen LogP) is 2.82. The summed E-state index contributed by atoms with van der Waals surface area (Å²) in [6, 6.07) is 4.08. The van der Waals surface area contributed by atoms with Gasteiger partial charge >= 0.3 is 6.18 Å². The van der Waals surface area contributed by atoms with Gasteiger partial charge in [0.05, 0.1) is 6.10 Å². The number of rotatable bonds is 6. The standard InChI is InChI=1S/C18H22F3N5O/c19-18(20,21)15-12-16(25-17(24-15)13-2-7-22-8-3-13)23-6-1-9-26-10-4-14(27)5-11-26/h2-3,7-8,12,14,27H,1,4-6,9-11H2,(H,23,24,25). The van der Waals surface area contributed by atoms with Crippen molar-refractivity contribution in [2.24, 2.45) is 0 Å². The van der Waals surface area contributed by atoms with Crippen molar-refractivity contribution in [3.8, 4) is 11.4 Å². The van der Waals surface area contributed by atoms with Crippen molar-refractivity contribution in [1.82, 2.24) is 19.9 Å². The first kappa shape index (κ1) is 19.5. The third-order valence-electron chi connectivity index (χ3n) is 4.47. The number of piperidine rings is 1. The van der Waals surface area contributed by atoms with E-state index in [0.29, 0.717) is 12.1 Å². The molecular weight excluding hydrogens is 359 g/mol. The minimum Gasteiger partial charge on any atom is -0.393 e. The monoisotopic (exact) mass is 381 g/mol. The average molecular weight is 381 g/mol. The van der Waals surface area contributed by atoms with Gasteiger partial charge < -0.3 is 15.3 Å². The third kappa shape index (κ3) is 5.61. The molecule has 1 aliphatic heterocycles. The summed E-state index contributed by atoms with van der Waals surface area (Å²) in [4.78, 5) is 14.0. The molecule has 0 aliphatic carbocycles. The molecule has 0 amide bonds. The first-order chi connectivity index (χ1) is 12.9. The predicted molar refractivity (Wildman–Crippen MR) is 95.1 cm³/mol. The Bertz CT molecular complexity index is 734. The van der Waals surface area contributed by atoms with Crippen LogP contribution >= 0.6 is 0 Å². The van der Waals surface area contributed by atoms with Gasteiger partial charge in [-0.05, 0) is 37.9 Å². The first-order valence-corrected chi connectivity index (χ1v) is 8.93. The van der Waals surface area contributed by atoms with Gasteiger partial charge in [-0.1, -0.05) is 0 Å². The highest BCUT2D eigenvalue weighted by molar-refractivity contribution is 5.57. The number of aromatic nitrogens is 3. The Morgan fingerprint density at radius 3 is 2.52 bits per heavy atom. The Morgan fingerprint density at radius 2 is 1.85 bits per heavy atom. The first-order valence-electron chi connectivity index (χ1n) is 8.93. The van der Waals surface area contributed by atoms with E-state index in [1.807, 2.05) is 0 Å². The summed E-state index contributed by atoms with van der Waals surface area (Å²) in [5.74, 6) is 0.165. The molecule has 3 rings (SSSR count). The molecule has 0 spiro atoms. The fourth-order valence-corrected chi connectivity index (χ4v) is 2.98. The number of nitrogens with zero attached hydrogens (tertiary/aromatic N) is 4. The molecule has 0 saturated carbocycles. The van der Waals surface area contributed by atoms with Crippen molar-refractivity contribution in [2.75, 3.05) is 31.5 Å². The Labute approximate surface area is 155 Å². The van der Waals surface area contributed by atoms with E-state index < -0.39 is 11.9 Å². The van der Waals surface area contributed by atoms with Gasteiger partial charge in [0.1, 0.15) is 5.82 Å². The lowest BCUT2D eigenvalue weighted by Gasteiger charge is -2.29. The van der Waals surface area contributed by atoms with E-state index in [0.717, 1.165) is 45.0 Å². The lowest BCUT2D eigenvalue weighted by atomic mass is 10.1. The number of aliphatic hydroxyl groups is 1. The molecular formula is C18H22F3N5O. The van der Waals surface area contributed by atoms with E-state index in [4.69, 9.17) is 0 Å². The Morgan fingerprint density at radius 1 is 1.15 bits per heavy atom. The Balaban J connectivity index is 1.64. The van der Waals surface area contributed by atoms with E-state index >= 15 is 0 Å². The van der Waals surface area contributed by atoms with Crippen LogP contribution in [0.3, 0.4) is 0 Å². The SMILES string of the molecule is OC1CCN(CCCNc2cc(C(F)(F)F)nc(-c3ccncc3)n2)CC1. The Kier molecular flexibility index (Phi) is 6.22. The summed E-state index contributed by atoms with van der Waals surface area (Å²) < 4.78 is 39.5. The van der Waals surface area contributed by atoms with Gasteiger partial charge in [-0.25, -0.2) is 9.97 Å². The van der Waals surface area contributed by atoms with Crippen LogP contribution in [0.5, 0.6) is 0 Å². The van der Waals surface area contributed by atoms with Gasteiger partial charge in [0.15, 0.2) is 11.5 Å². The number of hydrogen-bond acceptors (Lipinski definition) is 6. The molecule has 146 valence electrons. The van der Waals surface area contributed by atoms with Gasteiger partial charge in [-0.3, -0.25) is 4.98 Å². The van der Waals surface area contributed by atoms with Crippen molar-refractivity contribution >= 4 is 5.82 Å². The second-order valence-electron chi connectivity index (χ2n) is 6.55. The fraction of sp³-hybridized carbons (Fsp3) is 0.500. The number of nitrogens with one attached hydrogen (secondary N) is 1. The summed E-state index contributed by atoms with van der Waals surface area (Å²) >= 11 is 0. The molecule has 1 saturated heterocycles. The largest absolute Gasteiger partial charge is 0.433 e. The summed E-state index contributed by atoms with van der Waals surface area (Å²) in [6.07, 6.45) is 0.519. The third-order valence-corrected chi connectivity index (χ3v) is 4.47. The van der Waals surface area contributed by atoms with Crippen molar-refractivity contribution in [1.29, 1.82) is 0 Å². The van der Waals surface area contributed by atoms with Crippen LogP contribution in [-0.2, 0) is 6.18 Å². The summed E-state index contributed by atoms with van der Waals surface area (Å²) in [5.41, 5.74) is -0.497. The van der Waals surface area contributed by atoms with Crippen LogP contribution in [0, 0.1) is 0 Å². The van der Waals surface area contributed by atoms with Crippen LogP contribution in [0.2, 0.25) is 0 Å². The number of anilines is 1. The summed E-state index contributed by atoms with van der Waals surface area (Å²) in [7, 11) is 0. The molecule has 0 radical (unpaired) electrons. The molecule has 0 aromatic carbocycles. The molecule has 2 N–H and O–H groups in total. The number of aliphatic hydroxyl groups excluding tert-OH is 1. The zero-order chi connectivity index (χ0) is 19.3.